The Morgan fingerprint density at radius 3 is 1.12 bits per heavy atom. The zero-order valence-corrected chi connectivity index (χ0v) is 26.9. The van der Waals surface area contributed by atoms with Crippen LogP contribution in [0.2, 0.25) is 0 Å². The summed E-state index contributed by atoms with van der Waals surface area (Å²) in [7, 11) is 0. The summed E-state index contributed by atoms with van der Waals surface area (Å²) in [5, 5.41) is 20.4. The van der Waals surface area contributed by atoms with Gasteiger partial charge in [-0.15, -0.1) is 0 Å². The molecule has 0 saturated carbocycles. The molecular weight excluding hydrogens is 520 g/mol. The van der Waals surface area contributed by atoms with Gasteiger partial charge >= 0.3 is 0 Å². The largest absolute Gasteiger partial charge is 0.384 e. The van der Waals surface area contributed by atoms with Gasteiger partial charge in [0.15, 0.2) is 11.6 Å². The normalized spacial score (nSPS) is 24.6. The molecular formula is C38H48O4. The minimum absolute atomic E-state index is 0.189. The highest BCUT2D eigenvalue weighted by atomic mass is 16.3. The number of hydrogen-bond acceptors (Lipinski definition) is 4. The zero-order valence-electron chi connectivity index (χ0n) is 26.9. The van der Waals surface area contributed by atoms with Gasteiger partial charge in [0.1, 0.15) is 12.2 Å². The second-order valence-corrected chi connectivity index (χ2v) is 12.5. The van der Waals surface area contributed by atoms with Crippen molar-refractivity contribution in [3.05, 3.63) is 130 Å². The summed E-state index contributed by atoms with van der Waals surface area (Å²) in [6.45, 7) is 19.2. The Bertz CT molecular complexity index is 1310. The molecule has 0 fully saturated rings. The van der Waals surface area contributed by atoms with Crippen LogP contribution in [0.1, 0.15) is 69.2 Å². The maximum absolute atomic E-state index is 12.1. The molecule has 224 valence electrons. The number of aliphatic hydroxyl groups excluding tert-OH is 2. The first-order valence-electron chi connectivity index (χ1n) is 14.5. The molecule has 0 aromatic rings. The van der Waals surface area contributed by atoms with Crippen molar-refractivity contribution >= 4 is 11.6 Å². The van der Waals surface area contributed by atoms with E-state index < -0.39 is 23.0 Å². The van der Waals surface area contributed by atoms with E-state index in [0.717, 1.165) is 33.4 Å². The molecule has 0 aromatic carbocycles. The monoisotopic (exact) mass is 568 g/mol. The highest BCUT2D eigenvalue weighted by Gasteiger charge is 2.44. The van der Waals surface area contributed by atoms with Gasteiger partial charge in [-0.2, -0.15) is 0 Å². The van der Waals surface area contributed by atoms with Crippen molar-refractivity contribution < 1.29 is 19.8 Å². The summed E-state index contributed by atoms with van der Waals surface area (Å²) in [5.74, 6) is -0.378. The molecule has 0 bridgehead atoms. The zero-order chi connectivity index (χ0) is 31.8. The lowest BCUT2D eigenvalue weighted by Gasteiger charge is -2.24. The standard InChI is InChI=1S/C38H48O4/c1-25(17-13-19-27(3)21-23-31-29(5)33(39)35(41)37(31,7)8)15-11-12-16-26(2)18-14-20-28(4)22-24-32-30(6)34(40)36(42)38(32,9)10/h11-24,35-36,41-42H,1-10H3/b12-11+,17-13-,18-14+,23-21+,24-22+,25-15-,26-16+,27-19-,28-20+/t35-,36-/m1/s1. The average molecular weight is 569 g/mol. The van der Waals surface area contributed by atoms with Crippen LogP contribution in [0.5, 0.6) is 0 Å². The fourth-order valence-electron chi connectivity index (χ4n) is 5.04. The lowest BCUT2D eigenvalue weighted by atomic mass is 9.83. The van der Waals surface area contributed by atoms with Gasteiger partial charge in [-0.1, -0.05) is 135 Å². The predicted octanol–water partition coefficient (Wildman–Crippen LogP) is 8.13. The number of rotatable bonds is 10. The van der Waals surface area contributed by atoms with E-state index in [1.165, 1.54) is 0 Å². The molecule has 0 radical (unpaired) electrons. The molecule has 0 saturated heterocycles. The molecule has 2 N–H and O–H groups in total. The van der Waals surface area contributed by atoms with Crippen LogP contribution in [-0.4, -0.2) is 34.0 Å². The van der Waals surface area contributed by atoms with Crippen LogP contribution in [0.4, 0.5) is 0 Å². The van der Waals surface area contributed by atoms with Gasteiger partial charge < -0.3 is 10.2 Å². The number of carbonyl (C=O) groups is 2. The number of aliphatic hydroxyl groups is 2. The van der Waals surface area contributed by atoms with Gasteiger partial charge in [-0.05, 0) is 63.8 Å². The molecule has 0 spiro atoms. The number of ketones is 2. The van der Waals surface area contributed by atoms with Crippen LogP contribution < -0.4 is 0 Å². The highest BCUT2D eigenvalue weighted by molar-refractivity contribution is 6.04. The summed E-state index contributed by atoms with van der Waals surface area (Å²) < 4.78 is 0. The SMILES string of the molecule is CC1=C(/C=C/C(C)=C\C=C/C(C)=C\C=C\C=C(C)\C=C\C=C(C)\C=C\C2=C(C)C(=O)[C@@H](O)C2(C)C)C(C)(C)[C@H](O)C1=O. The van der Waals surface area contributed by atoms with Crippen molar-refractivity contribution in [3.8, 4) is 0 Å². The maximum atomic E-state index is 12.1. The van der Waals surface area contributed by atoms with Crippen molar-refractivity contribution in [1.82, 2.24) is 0 Å². The molecule has 2 atom stereocenters. The summed E-state index contributed by atoms with van der Waals surface area (Å²) >= 11 is 0. The van der Waals surface area contributed by atoms with Crippen molar-refractivity contribution in [1.29, 1.82) is 0 Å². The Kier molecular flexibility index (Phi) is 12.0. The minimum Gasteiger partial charge on any atom is -0.384 e. The van der Waals surface area contributed by atoms with E-state index in [0.29, 0.717) is 11.1 Å². The number of hydrogen-bond donors (Lipinski definition) is 2. The third kappa shape index (κ3) is 8.47. The summed E-state index contributed by atoms with van der Waals surface area (Å²) in [4.78, 5) is 24.3. The van der Waals surface area contributed by atoms with Gasteiger partial charge in [0.25, 0.3) is 0 Å². The Hall–Kier alpha value is -3.60. The first-order valence-corrected chi connectivity index (χ1v) is 14.5. The topological polar surface area (TPSA) is 74.6 Å². The van der Waals surface area contributed by atoms with Crippen molar-refractivity contribution in [2.45, 2.75) is 81.4 Å². The summed E-state index contributed by atoms with van der Waals surface area (Å²) in [6.07, 6.45) is 26.1. The molecule has 2 aliphatic rings. The summed E-state index contributed by atoms with van der Waals surface area (Å²) in [6, 6.07) is 0. The van der Waals surface area contributed by atoms with Crippen LogP contribution in [0.15, 0.2) is 130 Å². The molecule has 0 aromatic heterocycles. The summed E-state index contributed by atoms with van der Waals surface area (Å²) in [5.41, 5.74) is 6.21. The van der Waals surface area contributed by atoms with E-state index in [-0.39, 0.29) is 11.6 Å². The third-order valence-electron chi connectivity index (χ3n) is 8.09. The van der Waals surface area contributed by atoms with Gasteiger partial charge in [-0.25, -0.2) is 0 Å². The fraction of sp³-hybridized carbons (Fsp3) is 0.368. The van der Waals surface area contributed by atoms with Crippen LogP contribution in [0.25, 0.3) is 0 Å². The second-order valence-electron chi connectivity index (χ2n) is 12.5. The van der Waals surface area contributed by atoms with Crippen LogP contribution in [-0.2, 0) is 9.59 Å². The molecule has 0 unspecified atom stereocenters. The van der Waals surface area contributed by atoms with Crippen molar-refractivity contribution in [2.75, 3.05) is 0 Å². The van der Waals surface area contributed by atoms with Gasteiger partial charge in [-0.3, -0.25) is 9.59 Å². The Morgan fingerprint density at radius 1 is 0.548 bits per heavy atom. The van der Waals surface area contributed by atoms with Gasteiger partial charge in [0.2, 0.25) is 0 Å². The maximum Gasteiger partial charge on any atom is 0.188 e. The Labute approximate surface area is 253 Å². The molecule has 0 aliphatic heterocycles. The van der Waals surface area contributed by atoms with E-state index in [1.807, 2.05) is 140 Å². The van der Waals surface area contributed by atoms with E-state index >= 15 is 0 Å². The van der Waals surface area contributed by atoms with Crippen LogP contribution in [0, 0.1) is 10.8 Å². The molecule has 4 nitrogen and oxygen atoms in total. The first-order chi connectivity index (χ1) is 19.5. The predicted molar refractivity (Wildman–Crippen MR) is 176 cm³/mol. The highest BCUT2D eigenvalue weighted by Crippen LogP contribution is 2.42. The molecule has 4 heteroatoms. The third-order valence-corrected chi connectivity index (χ3v) is 8.09. The molecule has 0 amide bonds. The molecule has 2 rings (SSSR count). The first kappa shape index (κ1) is 34.6. The fourth-order valence-corrected chi connectivity index (χ4v) is 5.04. The van der Waals surface area contributed by atoms with Crippen LogP contribution in [0.3, 0.4) is 0 Å². The Balaban J connectivity index is 1.92. The minimum atomic E-state index is -0.978. The van der Waals surface area contributed by atoms with E-state index in [4.69, 9.17) is 0 Å². The number of Topliss-reactive ketones (excluding diaryl/α,β-unsaturated/α-hetero) is 2. The number of carbonyl (C=O) groups excluding carboxylic acids is 2. The molecule has 0 heterocycles. The molecule has 42 heavy (non-hydrogen) atoms. The van der Waals surface area contributed by atoms with E-state index in [9.17, 15) is 19.8 Å². The van der Waals surface area contributed by atoms with Crippen LogP contribution >= 0.6 is 0 Å². The van der Waals surface area contributed by atoms with Gasteiger partial charge in [0, 0.05) is 10.8 Å². The van der Waals surface area contributed by atoms with Crippen molar-refractivity contribution in [2.24, 2.45) is 10.8 Å². The van der Waals surface area contributed by atoms with E-state index in [1.54, 1.807) is 13.8 Å². The smallest absolute Gasteiger partial charge is 0.188 e. The second kappa shape index (κ2) is 14.5. The molecule has 2 aliphatic carbocycles. The van der Waals surface area contributed by atoms with E-state index in [2.05, 4.69) is 0 Å². The van der Waals surface area contributed by atoms with Crippen molar-refractivity contribution in [3.63, 3.8) is 0 Å². The Morgan fingerprint density at radius 2 is 0.833 bits per heavy atom. The average Bonchev–Trinajstić information content (AvgIpc) is 3.16. The lowest BCUT2D eigenvalue weighted by molar-refractivity contribution is -0.126. The number of allylic oxidation sites excluding steroid dienone is 18. The quantitative estimate of drug-likeness (QED) is 0.261. The lowest BCUT2D eigenvalue weighted by Crippen LogP contribution is -2.30. The van der Waals surface area contributed by atoms with Gasteiger partial charge in [0.05, 0.1) is 0 Å².